The third-order valence-electron chi connectivity index (χ3n) is 2.00. The lowest BCUT2D eigenvalue weighted by molar-refractivity contribution is -0.160. The van der Waals surface area contributed by atoms with E-state index in [1.165, 1.54) is 0 Å². The third-order valence-corrected chi connectivity index (χ3v) is 2.00. The van der Waals surface area contributed by atoms with E-state index in [0.29, 0.717) is 12.8 Å². The minimum Gasteiger partial charge on any atom is -0.373 e. The molecule has 0 aromatic heterocycles. The molecule has 0 radical (unpaired) electrons. The number of rotatable bonds is 5. The summed E-state index contributed by atoms with van der Waals surface area (Å²) in [7, 11) is 3.54. The monoisotopic (exact) mass is 161 g/mol. The van der Waals surface area contributed by atoms with Crippen LogP contribution >= 0.6 is 0 Å². The van der Waals surface area contributed by atoms with Crippen LogP contribution in [0.5, 0.6) is 0 Å². The van der Waals surface area contributed by atoms with Gasteiger partial charge in [-0.3, -0.25) is 0 Å². The van der Waals surface area contributed by atoms with E-state index in [4.69, 9.17) is 0 Å². The zero-order chi connectivity index (χ0) is 8.91. The first-order valence-corrected chi connectivity index (χ1v) is 4.02. The van der Waals surface area contributed by atoms with Crippen molar-refractivity contribution in [1.29, 1.82) is 0 Å². The molecular formula is C7H19N3O. The summed E-state index contributed by atoms with van der Waals surface area (Å²) in [6.07, 6.45) is 1.37. The fourth-order valence-electron chi connectivity index (χ4n) is 1.09. The highest BCUT2D eigenvalue weighted by atomic mass is 16.3. The summed E-state index contributed by atoms with van der Waals surface area (Å²) in [6, 6.07) is 0. The van der Waals surface area contributed by atoms with Crippen LogP contribution in [0.2, 0.25) is 0 Å². The minimum atomic E-state index is -0.788. The molecular weight excluding hydrogens is 142 g/mol. The van der Waals surface area contributed by atoms with E-state index in [0.717, 1.165) is 0 Å². The highest BCUT2D eigenvalue weighted by Gasteiger charge is 2.28. The van der Waals surface area contributed by atoms with Gasteiger partial charge in [0.15, 0.2) is 0 Å². The smallest absolute Gasteiger partial charge is 0.144 e. The summed E-state index contributed by atoms with van der Waals surface area (Å²) >= 11 is 0. The molecule has 0 fully saturated rings. The van der Waals surface area contributed by atoms with E-state index in [-0.39, 0.29) is 0 Å². The number of nitrogens with one attached hydrogen (secondary N) is 2. The van der Waals surface area contributed by atoms with Gasteiger partial charge in [0, 0.05) is 14.1 Å². The van der Waals surface area contributed by atoms with Crippen LogP contribution in [0.3, 0.4) is 0 Å². The molecule has 0 heterocycles. The van der Waals surface area contributed by atoms with Gasteiger partial charge >= 0.3 is 0 Å². The molecule has 0 aromatic carbocycles. The molecule has 0 saturated carbocycles. The Labute approximate surface area is 68.5 Å². The molecule has 0 aromatic rings. The summed E-state index contributed by atoms with van der Waals surface area (Å²) < 4.78 is 0. The van der Waals surface area contributed by atoms with Gasteiger partial charge in [0.05, 0.1) is 0 Å². The van der Waals surface area contributed by atoms with Crippen molar-refractivity contribution < 1.29 is 5.11 Å². The quantitative estimate of drug-likeness (QED) is 0.394. The molecule has 0 rings (SSSR count). The lowest BCUT2D eigenvalue weighted by Crippen LogP contribution is -2.59. The van der Waals surface area contributed by atoms with Crippen molar-refractivity contribution in [2.75, 3.05) is 14.1 Å². The van der Waals surface area contributed by atoms with E-state index in [2.05, 4.69) is 10.9 Å². The largest absolute Gasteiger partial charge is 0.373 e. The molecule has 0 bridgehead atoms. The first-order valence-electron chi connectivity index (χ1n) is 4.02. The molecule has 11 heavy (non-hydrogen) atoms. The molecule has 4 heteroatoms. The second kappa shape index (κ2) is 4.66. The summed E-state index contributed by atoms with van der Waals surface area (Å²) in [6.45, 7) is 3.90. The number of nitrogens with zero attached hydrogens (tertiary/aromatic N) is 1. The van der Waals surface area contributed by atoms with Gasteiger partial charge in [-0.1, -0.05) is 13.8 Å². The minimum absolute atomic E-state index is 0.686. The molecule has 0 aliphatic rings. The van der Waals surface area contributed by atoms with Gasteiger partial charge in [-0.25, -0.2) is 10.9 Å². The zero-order valence-corrected chi connectivity index (χ0v) is 7.81. The Morgan fingerprint density at radius 2 is 1.55 bits per heavy atom. The maximum absolute atomic E-state index is 9.89. The van der Waals surface area contributed by atoms with E-state index in [1.54, 1.807) is 19.2 Å². The van der Waals surface area contributed by atoms with Crippen molar-refractivity contribution in [3.63, 3.8) is 0 Å². The van der Waals surface area contributed by atoms with Crippen LogP contribution in [-0.2, 0) is 0 Å². The molecule has 0 aliphatic carbocycles. The molecule has 3 N–H and O–H groups in total. The predicted molar refractivity (Wildman–Crippen MR) is 45.5 cm³/mol. The number of hydrazine groups is 2. The van der Waals surface area contributed by atoms with Crippen LogP contribution in [0.1, 0.15) is 26.7 Å². The lowest BCUT2D eigenvalue weighted by atomic mass is 10.1. The summed E-state index contributed by atoms with van der Waals surface area (Å²) in [4.78, 5) is 0. The van der Waals surface area contributed by atoms with Crippen molar-refractivity contribution in [2.24, 2.45) is 0 Å². The average Bonchev–Trinajstić information content (AvgIpc) is 2.06. The Kier molecular flexibility index (Phi) is 4.60. The second-order valence-electron chi connectivity index (χ2n) is 2.47. The van der Waals surface area contributed by atoms with Crippen LogP contribution in [0.15, 0.2) is 0 Å². The van der Waals surface area contributed by atoms with Crippen molar-refractivity contribution in [2.45, 2.75) is 32.4 Å². The number of aliphatic hydroxyl groups is 1. The van der Waals surface area contributed by atoms with Gasteiger partial charge in [0.2, 0.25) is 0 Å². The predicted octanol–water partition coefficient (Wildman–Crippen LogP) is 0.0658. The Balaban J connectivity index is 4.19. The van der Waals surface area contributed by atoms with Crippen LogP contribution in [0, 0.1) is 0 Å². The Morgan fingerprint density at radius 1 is 1.18 bits per heavy atom. The van der Waals surface area contributed by atoms with Gasteiger partial charge in [-0.05, 0) is 12.8 Å². The van der Waals surface area contributed by atoms with Crippen molar-refractivity contribution in [3.8, 4) is 0 Å². The zero-order valence-electron chi connectivity index (χ0n) is 7.81. The highest BCUT2D eigenvalue weighted by molar-refractivity contribution is 4.69. The van der Waals surface area contributed by atoms with Gasteiger partial charge in [0.1, 0.15) is 5.72 Å². The van der Waals surface area contributed by atoms with Crippen LogP contribution in [0.4, 0.5) is 0 Å². The molecule has 0 spiro atoms. The third kappa shape index (κ3) is 2.41. The fourth-order valence-corrected chi connectivity index (χ4v) is 1.09. The fraction of sp³-hybridized carbons (Fsp3) is 1.00. The Hall–Kier alpha value is -0.160. The van der Waals surface area contributed by atoms with Gasteiger partial charge in [0.25, 0.3) is 0 Å². The maximum Gasteiger partial charge on any atom is 0.144 e. The molecule has 68 valence electrons. The molecule has 4 nitrogen and oxygen atoms in total. The highest BCUT2D eigenvalue weighted by Crippen LogP contribution is 2.15. The van der Waals surface area contributed by atoms with Crippen molar-refractivity contribution >= 4 is 0 Å². The van der Waals surface area contributed by atoms with E-state index >= 15 is 0 Å². The SMILES string of the molecule is CCC(O)(CC)N(NC)NC. The molecule has 0 saturated heterocycles. The van der Waals surface area contributed by atoms with Crippen LogP contribution in [0.25, 0.3) is 0 Å². The van der Waals surface area contributed by atoms with Crippen LogP contribution < -0.4 is 10.9 Å². The number of hydrogen-bond acceptors (Lipinski definition) is 4. The molecule has 0 atom stereocenters. The van der Waals surface area contributed by atoms with Gasteiger partial charge in [-0.15, -0.1) is 5.12 Å². The molecule has 0 aliphatic heterocycles. The maximum atomic E-state index is 9.89. The van der Waals surface area contributed by atoms with E-state index in [1.807, 2.05) is 13.8 Å². The second-order valence-corrected chi connectivity index (χ2v) is 2.47. The normalized spacial score (nSPS) is 12.5. The molecule has 0 unspecified atom stereocenters. The molecule has 0 amide bonds. The summed E-state index contributed by atoms with van der Waals surface area (Å²) in [5, 5.41) is 11.5. The summed E-state index contributed by atoms with van der Waals surface area (Å²) in [5.41, 5.74) is 4.94. The topological polar surface area (TPSA) is 47.5 Å². The van der Waals surface area contributed by atoms with Gasteiger partial charge in [-0.2, -0.15) is 0 Å². The van der Waals surface area contributed by atoms with Crippen LogP contribution in [-0.4, -0.2) is 30.0 Å². The van der Waals surface area contributed by atoms with E-state index in [9.17, 15) is 5.11 Å². The Bertz CT molecular complexity index is 99.9. The first kappa shape index (κ1) is 10.8. The average molecular weight is 161 g/mol. The van der Waals surface area contributed by atoms with Crippen molar-refractivity contribution in [1.82, 2.24) is 16.0 Å². The van der Waals surface area contributed by atoms with Gasteiger partial charge < -0.3 is 5.11 Å². The standard InChI is InChI=1S/C7H19N3O/c1-5-7(11,6-2)10(8-3)9-4/h8-9,11H,5-6H2,1-4H3. The summed E-state index contributed by atoms with van der Waals surface area (Å²) in [5.74, 6) is 0. The first-order chi connectivity index (χ1) is 5.14. The Morgan fingerprint density at radius 3 is 1.64 bits per heavy atom. The number of hydrogen-bond donors (Lipinski definition) is 3. The van der Waals surface area contributed by atoms with E-state index < -0.39 is 5.72 Å². The van der Waals surface area contributed by atoms with Crippen molar-refractivity contribution in [3.05, 3.63) is 0 Å². The lowest BCUT2D eigenvalue weighted by Gasteiger charge is -2.36.